The van der Waals surface area contributed by atoms with Crippen LogP contribution in [0.3, 0.4) is 0 Å². The molecule has 1 heterocycles. The highest BCUT2D eigenvalue weighted by Crippen LogP contribution is 2.47. The minimum atomic E-state index is -0.355. The Balaban J connectivity index is 2.58. The molecule has 140 valence electrons. The zero-order chi connectivity index (χ0) is 19.6. The van der Waals surface area contributed by atoms with Crippen LogP contribution in [0.2, 0.25) is 0 Å². The van der Waals surface area contributed by atoms with Crippen LogP contribution in [0.1, 0.15) is 31.1 Å². The molecule has 0 aliphatic rings. The monoisotopic (exact) mass is 360 g/mol. The molecule has 0 saturated carbocycles. The maximum Gasteiger partial charge on any atom is 0.257 e. The molecule has 0 bridgehead atoms. The maximum atomic E-state index is 12.2. The number of aliphatic imine (C=N–C) groups is 1. The first-order valence-corrected chi connectivity index (χ1v) is 8.15. The Kier molecular flexibility index (Phi) is 5.44. The van der Waals surface area contributed by atoms with Gasteiger partial charge in [0.05, 0.1) is 11.3 Å². The molecule has 8 nitrogen and oxygen atoms in total. The van der Waals surface area contributed by atoms with E-state index < -0.39 is 0 Å². The van der Waals surface area contributed by atoms with Crippen molar-refractivity contribution in [3.8, 4) is 17.5 Å². The van der Waals surface area contributed by atoms with Gasteiger partial charge in [0.15, 0.2) is 11.4 Å². The Bertz CT molecular complexity index is 865. The number of amides is 1. The number of nitrogens with one attached hydrogen (secondary N) is 1. The fourth-order valence-corrected chi connectivity index (χ4v) is 2.52. The first kappa shape index (κ1) is 19.2. The highest BCUT2D eigenvalue weighted by atomic mass is 16.3. The molecule has 0 fully saturated rings. The minimum absolute atomic E-state index is 0.121. The number of hydrogen-bond acceptors (Lipinski definition) is 6. The fourth-order valence-electron chi connectivity index (χ4n) is 2.52. The molecule has 0 aliphatic carbocycles. The lowest BCUT2D eigenvalue weighted by atomic mass is 10.1. The van der Waals surface area contributed by atoms with Crippen LogP contribution in [-0.4, -0.2) is 50.5 Å². The van der Waals surface area contributed by atoms with E-state index in [1.165, 1.54) is 15.5 Å². The van der Waals surface area contributed by atoms with Crippen molar-refractivity contribution in [2.45, 2.75) is 27.3 Å². The van der Waals surface area contributed by atoms with Gasteiger partial charge < -0.3 is 25.5 Å². The van der Waals surface area contributed by atoms with Crippen molar-refractivity contribution in [2.75, 3.05) is 19.4 Å². The number of phenolic OH excluding ortho intramolecular Hbond substituents is 1. The van der Waals surface area contributed by atoms with Crippen LogP contribution in [0.25, 0.3) is 0 Å². The number of phenols is 1. The van der Waals surface area contributed by atoms with Crippen molar-refractivity contribution in [1.82, 2.24) is 9.47 Å². The second kappa shape index (κ2) is 7.38. The van der Waals surface area contributed by atoms with Crippen LogP contribution in [0.15, 0.2) is 23.2 Å². The van der Waals surface area contributed by atoms with Crippen molar-refractivity contribution >= 4 is 28.7 Å². The van der Waals surface area contributed by atoms with Crippen LogP contribution in [0, 0.1) is 0 Å². The molecule has 0 atom stereocenters. The van der Waals surface area contributed by atoms with Crippen molar-refractivity contribution in [2.24, 2.45) is 4.99 Å². The second-order valence-electron chi connectivity index (χ2n) is 6.20. The van der Waals surface area contributed by atoms with Crippen LogP contribution in [0.5, 0.6) is 17.5 Å². The summed E-state index contributed by atoms with van der Waals surface area (Å²) in [5.41, 5.74) is 1.32. The van der Waals surface area contributed by atoms with Crippen LogP contribution in [-0.2, 0) is 6.54 Å². The average Bonchev–Trinajstić information content (AvgIpc) is 2.79. The zero-order valence-corrected chi connectivity index (χ0v) is 15.5. The van der Waals surface area contributed by atoms with Crippen molar-refractivity contribution < 1.29 is 20.1 Å². The molecule has 2 aromatic rings. The van der Waals surface area contributed by atoms with E-state index in [0.717, 1.165) is 0 Å². The summed E-state index contributed by atoms with van der Waals surface area (Å²) in [6.45, 7) is 5.62. The van der Waals surface area contributed by atoms with Crippen molar-refractivity contribution in [3.05, 3.63) is 23.8 Å². The number of carbonyl (C=O) groups is 1. The highest BCUT2D eigenvalue weighted by Gasteiger charge is 2.24. The molecule has 0 aliphatic heterocycles. The summed E-state index contributed by atoms with van der Waals surface area (Å²) in [6.07, 6.45) is 0. The van der Waals surface area contributed by atoms with Crippen LogP contribution in [0.4, 0.5) is 17.1 Å². The molecule has 1 amide bonds. The van der Waals surface area contributed by atoms with Crippen LogP contribution < -0.4 is 5.32 Å². The van der Waals surface area contributed by atoms with Gasteiger partial charge in [0, 0.05) is 26.4 Å². The number of benzene rings is 1. The number of aromatic nitrogens is 1. The van der Waals surface area contributed by atoms with Gasteiger partial charge in [-0.2, -0.15) is 0 Å². The summed E-state index contributed by atoms with van der Waals surface area (Å²) < 4.78 is 1.29. The summed E-state index contributed by atoms with van der Waals surface area (Å²) in [6, 6.07) is 4.68. The zero-order valence-electron chi connectivity index (χ0n) is 15.5. The minimum Gasteiger partial charge on any atom is -0.505 e. The first-order valence-electron chi connectivity index (χ1n) is 8.15. The number of anilines is 2. The van der Waals surface area contributed by atoms with Gasteiger partial charge in [0.25, 0.3) is 5.91 Å². The molecule has 26 heavy (non-hydrogen) atoms. The molecule has 0 saturated heterocycles. The molecule has 1 aromatic heterocycles. The number of nitrogens with zero attached hydrogens (tertiary/aromatic N) is 3. The largest absolute Gasteiger partial charge is 0.505 e. The van der Waals surface area contributed by atoms with Gasteiger partial charge in [0.1, 0.15) is 5.69 Å². The summed E-state index contributed by atoms with van der Waals surface area (Å²) in [5, 5.41) is 34.1. The number of para-hydroxylation sites is 1. The Labute approximate surface area is 152 Å². The molecular weight excluding hydrogens is 336 g/mol. The third-order valence-corrected chi connectivity index (χ3v) is 3.77. The highest BCUT2D eigenvalue weighted by molar-refractivity contribution is 5.99. The molecule has 0 unspecified atom stereocenters. The van der Waals surface area contributed by atoms with E-state index in [0.29, 0.717) is 12.3 Å². The molecule has 0 radical (unpaired) electrons. The Hall–Kier alpha value is -3.16. The Morgan fingerprint density at radius 2 is 1.85 bits per heavy atom. The van der Waals surface area contributed by atoms with E-state index in [2.05, 4.69) is 10.3 Å². The molecule has 0 spiro atoms. The fraction of sp³-hybridized carbons (Fsp3) is 0.333. The Morgan fingerprint density at radius 1 is 1.19 bits per heavy atom. The van der Waals surface area contributed by atoms with Crippen LogP contribution >= 0.6 is 0 Å². The van der Waals surface area contributed by atoms with E-state index in [-0.39, 0.29) is 46.0 Å². The lowest BCUT2D eigenvalue weighted by Crippen LogP contribution is -2.21. The topological polar surface area (TPSA) is 110 Å². The van der Waals surface area contributed by atoms with E-state index >= 15 is 0 Å². The van der Waals surface area contributed by atoms with Gasteiger partial charge in [-0.3, -0.25) is 14.4 Å². The molecule has 2 rings (SSSR count). The summed E-state index contributed by atoms with van der Waals surface area (Å²) in [7, 11) is 3.17. The number of carbonyl (C=O) groups excluding carboxylic acids is 1. The third-order valence-electron chi connectivity index (χ3n) is 3.77. The van der Waals surface area contributed by atoms with Crippen molar-refractivity contribution in [3.63, 3.8) is 0 Å². The summed E-state index contributed by atoms with van der Waals surface area (Å²) >= 11 is 0. The normalized spacial score (nSPS) is 10.5. The standard InChI is InChI=1S/C18H24N4O4/c1-6-22-17(25)13(19-10(2)3)14(18(22)26)20-12-9-7-8-11(15(12)23)16(24)21(4)5/h7-9,20,23,25-26H,6H2,1-5H3. The SMILES string of the molecule is CCn1c(O)c(N=C(C)C)c(Nc2cccc(C(=O)N(C)C)c2O)c1O. The van der Waals surface area contributed by atoms with Gasteiger partial charge in [-0.25, -0.2) is 0 Å². The lowest BCUT2D eigenvalue weighted by molar-refractivity contribution is 0.0824. The quantitative estimate of drug-likeness (QED) is 0.483. The summed E-state index contributed by atoms with van der Waals surface area (Å²) in [4.78, 5) is 17.8. The number of hydrogen-bond donors (Lipinski definition) is 4. The van der Waals surface area contributed by atoms with Gasteiger partial charge in [-0.15, -0.1) is 0 Å². The van der Waals surface area contributed by atoms with Gasteiger partial charge in [0.2, 0.25) is 11.8 Å². The van der Waals surface area contributed by atoms with Gasteiger partial charge in [-0.1, -0.05) is 6.07 Å². The van der Waals surface area contributed by atoms with E-state index in [1.807, 2.05) is 0 Å². The predicted octanol–water partition coefficient (Wildman–Crippen LogP) is 3.18. The van der Waals surface area contributed by atoms with Crippen molar-refractivity contribution in [1.29, 1.82) is 0 Å². The molecule has 8 heteroatoms. The maximum absolute atomic E-state index is 12.2. The number of rotatable bonds is 5. The molecule has 4 N–H and O–H groups in total. The Morgan fingerprint density at radius 3 is 2.38 bits per heavy atom. The third kappa shape index (κ3) is 3.44. The number of aromatic hydroxyl groups is 3. The smallest absolute Gasteiger partial charge is 0.257 e. The van der Waals surface area contributed by atoms with Gasteiger partial charge in [-0.05, 0) is 32.9 Å². The van der Waals surface area contributed by atoms with Gasteiger partial charge >= 0.3 is 0 Å². The van der Waals surface area contributed by atoms with E-state index in [4.69, 9.17) is 0 Å². The van der Waals surface area contributed by atoms with E-state index in [1.54, 1.807) is 47.0 Å². The van der Waals surface area contributed by atoms with E-state index in [9.17, 15) is 20.1 Å². The summed E-state index contributed by atoms with van der Waals surface area (Å²) in [5.74, 6) is -1.01. The molecular formula is C18H24N4O4. The lowest BCUT2D eigenvalue weighted by Gasteiger charge is -2.14. The predicted molar refractivity (Wildman–Crippen MR) is 101 cm³/mol. The first-order chi connectivity index (χ1) is 12.2. The second-order valence-corrected chi connectivity index (χ2v) is 6.20. The molecule has 1 aromatic carbocycles. The average molecular weight is 360 g/mol.